The van der Waals surface area contributed by atoms with Gasteiger partial charge in [-0.25, -0.2) is 0 Å². The molecule has 0 saturated carbocycles. The Morgan fingerprint density at radius 3 is 2.68 bits per heavy atom. The van der Waals surface area contributed by atoms with E-state index in [0.717, 1.165) is 6.42 Å². The molecule has 4 rings (SSSR count). The fourth-order valence-electron chi connectivity index (χ4n) is 3.63. The molecule has 2 aromatic rings. The Kier molecular flexibility index (Phi) is 5.52. The smallest absolute Gasteiger partial charge is 0.0764 e. The van der Waals surface area contributed by atoms with Gasteiger partial charge < -0.3 is 10.8 Å². The van der Waals surface area contributed by atoms with Gasteiger partial charge in [0.05, 0.1) is 6.10 Å². The van der Waals surface area contributed by atoms with Crippen molar-refractivity contribution in [2.45, 2.75) is 18.9 Å². The van der Waals surface area contributed by atoms with Gasteiger partial charge in [-0.2, -0.15) is 0 Å². The Bertz CT molecular complexity index is 879. The minimum atomic E-state index is -0.379. The summed E-state index contributed by atoms with van der Waals surface area (Å²) in [5, 5.41) is 9.83. The first-order valence-corrected chi connectivity index (χ1v) is 8.41. The van der Waals surface area contributed by atoms with Gasteiger partial charge in [-0.1, -0.05) is 60.7 Å². The predicted octanol–water partition coefficient (Wildman–Crippen LogP) is 4.99. The number of allylic oxidation sites excluding steroid dienone is 2. The summed E-state index contributed by atoms with van der Waals surface area (Å²) in [6, 6.07) is 14.7. The van der Waals surface area contributed by atoms with E-state index in [-0.39, 0.29) is 26.5 Å². The Hall–Kier alpha value is -1.76. The van der Waals surface area contributed by atoms with Crippen LogP contribution >= 0.6 is 0 Å². The minimum Gasteiger partial charge on any atom is -0.677 e. The van der Waals surface area contributed by atoms with Crippen molar-refractivity contribution in [3.8, 4) is 0 Å². The van der Waals surface area contributed by atoms with Crippen LogP contribution in [-0.4, -0.2) is 17.8 Å². The molecule has 0 heterocycles. The molecule has 2 nitrogen and oxygen atoms in total. The first kappa shape index (κ1) is 18.0. The quantitative estimate of drug-likeness (QED) is 0.634. The summed E-state index contributed by atoms with van der Waals surface area (Å²) in [6.45, 7) is 0.412. The zero-order valence-electron chi connectivity index (χ0n) is 13.9. The summed E-state index contributed by atoms with van der Waals surface area (Å²) in [5.41, 5.74) is 16.1. The normalized spacial score (nSPS) is 19.2. The van der Waals surface area contributed by atoms with Gasteiger partial charge in [0.25, 0.3) is 0 Å². The van der Waals surface area contributed by atoms with Gasteiger partial charge in [-0.05, 0) is 51.5 Å². The number of hydrogen-bond acceptors (Lipinski definition) is 1. The molecule has 2 N–H and O–H groups in total. The van der Waals surface area contributed by atoms with Crippen molar-refractivity contribution in [1.29, 1.82) is 0 Å². The summed E-state index contributed by atoms with van der Waals surface area (Å²) >= 11 is 0. The molecular formula is C22H20NORe-. The van der Waals surface area contributed by atoms with Gasteiger partial charge in [-0.15, -0.1) is 6.54 Å². The van der Waals surface area contributed by atoms with Crippen molar-refractivity contribution in [2.24, 2.45) is 0 Å². The molecule has 0 spiro atoms. The number of nitrogens with one attached hydrogen (secondary N) is 1. The molecule has 0 aliphatic heterocycles. The summed E-state index contributed by atoms with van der Waals surface area (Å²) < 4.78 is 0. The van der Waals surface area contributed by atoms with Crippen LogP contribution in [0.1, 0.15) is 34.2 Å². The van der Waals surface area contributed by atoms with Crippen LogP contribution in [0.25, 0.3) is 29.0 Å². The second-order valence-corrected chi connectivity index (χ2v) is 6.37. The van der Waals surface area contributed by atoms with Crippen LogP contribution in [0.15, 0.2) is 54.6 Å². The zero-order chi connectivity index (χ0) is 16.5. The topological polar surface area (TPSA) is 44.0 Å². The van der Waals surface area contributed by atoms with Gasteiger partial charge in [0, 0.05) is 26.8 Å². The number of benzene rings is 2. The molecule has 0 bridgehead atoms. The Morgan fingerprint density at radius 2 is 1.88 bits per heavy atom. The maximum absolute atomic E-state index is 9.83. The standard InChI is InChI=1S/C22H20NO.Re/c23-11-10-17-13-18(22-7-2-1-6-21(17)22)12-15-4-3-5-16-14-19(24)8-9-20(15)16;/h1-9,12-13,19,23-24H,10-11,14H2;/q-1;/b18-12+;. The van der Waals surface area contributed by atoms with Crippen LogP contribution in [-0.2, 0) is 26.8 Å². The predicted molar refractivity (Wildman–Crippen MR) is 101 cm³/mol. The maximum atomic E-state index is 9.83. The minimum absolute atomic E-state index is 0. The summed E-state index contributed by atoms with van der Waals surface area (Å²) in [7, 11) is 0. The monoisotopic (exact) mass is 501 g/mol. The van der Waals surface area contributed by atoms with E-state index in [0.29, 0.717) is 13.0 Å². The van der Waals surface area contributed by atoms with Crippen LogP contribution in [0.4, 0.5) is 0 Å². The fourth-order valence-corrected chi connectivity index (χ4v) is 3.63. The molecule has 2 aliphatic carbocycles. The molecule has 127 valence electrons. The van der Waals surface area contributed by atoms with E-state index in [1.54, 1.807) is 0 Å². The Morgan fingerprint density at radius 1 is 1.08 bits per heavy atom. The van der Waals surface area contributed by atoms with Crippen molar-refractivity contribution in [3.63, 3.8) is 0 Å². The summed E-state index contributed by atoms with van der Waals surface area (Å²) in [4.78, 5) is 0. The maximum Gasteiger partial charge on any atom is 0.0764 e. The van der Waals surface area contributed by atoms with Crippen molar-refractivity contribution in [2.75, 3.05) is 6.54 Å². The van der Waals surface area contributed by atoms with Crippen molar-refractivity contribution >= 4 is 23.3 Å². The zero-order valence-corrected chi connectivity index (χ0v) is 16.6. The van der Waals surface area contributed by atoms with E-state index in [4.69, 9.17) is 5.73 Å². The molecule has 0 fully saturated rings. The number of hydrogen-bond donors (Lipinski definition) is 1. The number of fused-ring (bicyclic) bond motifs is 2. The van der Waals surface area contributed by atoms with Crippen LogP contribution in [0.2, 0.25) is 0 Å². The summed E-state index contributed by atoms with van der Waals surface area (Å²) in [6.07, 6.45) is 9.44. The summed E-state index contributed by atoms with van der Waals surface area (Å²) in [5.74, 6) is 0. The molecule has 1 radical (unpaired) electrons. The van der Waals surface area contributed by atoms with Crippen LogP contribution in [0.3, 0.4) is 0 Å². The van der Waals surface area contributed by atoms with Gasteiger partial charge in [0.15, 0.2) is 0 Å². The number of aliphatic hydroxyl groups is 1. The molecule has 3 heteroatoms. The van der Waals surface area contributed by atoms with Gasteiger partial charge in [0.1, 0.15) is 0 Å². The van der Waals surface area contributed by atoms with Crippen LogP contribution in [0, 0.1) is 0 Å². The second-order valence-electron chi connectivity index (χ2n) is 6.37. The largest absolute Gasteiger partial charge is 0.677 e. The molecule has 2 aliphatic rings. The Balaban J connectivity index is 0.00000182. The van der Waals surface area contributed by atoms with Crippen LogP contribution in [0.5, 0.6) is 0 Å². The van der Waals surface area contributed by atoms with Crippen LogP contribution < -0.4 is 0 Å². The third-order valence-corrected chi connectivity index (χ3v) is 4.76. The van der Waals surface area contributed by atoms with Crippen molar-refractivity contribution in [1.82, 2.24) is 0 Å². The van der Waals surface area contributed by atoms with E-state index in [9.17, 15) is 5.11 Å². The molecular weight excluding hydrogens is 480 g/mol. The Labute approximate surface area is 162 Å². The second kappa shape index (κ2) is 7.64. The number of aliphatic hydroxyl groups excluding tert-OH is 1. The third-order valence-electron chi connectivity index (χ3n) is 4.76. The molecule has 0 aromatic heterocycles. The van der Waals surface area contributed by atoms with E-state index in [1.165, 1.54) is 39.0 Å². The fraction of sp³-hybridized carbons (Fsp3) is 0.182. The molecule has 25 heavy (non-hydrogen) atoms. The van der Waals surface area contributed by atoms with Gasteiger partial charge >= 0.3 is 0 Å². The third kappa shape index (κ3) is 3.47. The molecule has 1 atom stereocenters. The van der Waals surface area contributed by atoms with Gasteiger partial charge in [-0.3, -0.25) is 0 Å². The van der Waals surface area contributed by atoms with Gasteiger partial charge in [0.2, 0.25) is 0 Å². The molecule has 2 aromatic carbocycles. The molecule has 1 unspecified atom stereocenters. The first-order valence-electron chi connectivity index (χ1n) is 8.41. The van der Waals surface area contributed by atoms with Crippen molar-refractivity contribution < 1.29 is 25.5 Å². The average Bonchev–Trinajstić information content (AvgIpc) is 2.93. The molecule has 0 amide bonds. The van der Waals surface area contributed by atoms with E-state index >= 15 is 0 Å². The van der Waals surface area contributed by atoms with E-state index < -0.39 is 0 Å². The van der Waals surface area contributed by atoms with Crippen molar-refractivity contribution in [3.05, 3.63) is 88.2 Å². The van der Waals surface area contributed by atoms with E-state index in [2.05, 4.69) is 54.6 Å². The van der Waals surface area contributed by atoms with E-state index in [1.807, 2.05) is 12.2 Å². The first-order chi connectivity index (χ1) is 11.8. The molecule has 0 saturated heterocycles. The number of rotatable bonds is 3. The average molecular weight is 501 g/mol. The SMILES string of the molecule is [NH-]CCC1=C/C(=C\c2cccc3c2C=CC(O)C3)c2ccccc21.[Re].